The van der Waals surface area contributed by atoms with Crippen molar-refractivity contribution in [3.63, 3.8) is 0 Å². The summed E-state index contributed by atoms with van der Waals surface area (Å²) in [5.41, 5.74) is 4.35. The Balaban J connectivity index is 1.48. The summed E-state index contributed by atoms with van der Waals surface area (Å²) in [6.07, 6.45) is 1.93. The van der Waals surface area contributed by atoms with Gasteiger partial charge in [0, 0.05) is 54.4 Å². The van der Waals surface area contributed by atoms with Crippen molar-refractivity contribution >= 4 is 28.4 Å². The minimum Gasteiger partial charge on any atom is -0.384 e. The molecule has 1 aromatic heterocycles. The number of hydrogen-bond donors (Lipinski definition) is 2. The molecule has 0 bridgehead atoms. The molecule has 2 aliphatic heterocycles. The van der Waals surface area contributed by atoms with Gasteiger partial charge in [-0.25, -0.2) is 0 Å². The molecule has 1 atom stereocenters. The standard InChI is InChI=1S/C18H22N4O2S/c1-12(21-8-5-17-13(11-21)6-9-25-17)10-20-18-14-4-7-19-15(14)2-3-16(18)22(23)24/h2-3,6,9,12,19-20H,4-5,7-8,10-11H2,1H3. The second-order valence-corrected chi connectivity index (χ2v) is 7.74. The van der Waals surface area contributed by atoms with Crippen LogP contribution in [0.1, 0.15) is 22.9 Å². The number of nitrogens with zero attached hydrogens (tertiary/aromatic N) is 2. The maximum atomic E-state index is 11.4. The maximum Gasteiger partial charge on any atom is 0.292 e. The van der Waals surface area contributed by atoms with Crippen molar-refractivity contribution in [2.75, 3.05) is 30.3 Å². The Morgan fingerprint density at radius 3 is 3.12 bits per heavy atom. The normalized spacial score (nSPS) is 17.5. The fraction of sp³-hybridized carbons (Fsp3) is 0.444. The Bertz CT molecular complexity index is 804. The molecule has 1 aromatic carbocycles. The van der Waals surface area contributed by atoms with Crippen LogP contribution in [0.25, 0.3) is 0 Å². The summed E-state index contributed by atoms with van der Waals surface area (Å²) < 4.78 is 0. The third-order valence-corrected chi connectivity index (χ3v) is 6.24. The van der Waals surface area contributed by atoms with Gasteiger partial charge in [-0.1, -0.05) is 0 Å². The number of fused-ring (bicyclic) bond motifs is 2. The molecule has 2 aromatic rings. The molecule has 0 aliphatic carbocycles. The van der Waals surface area contributed by atoms with Crippen LogP contribution >= 0.6 is 11.3 Å². The molecule has 3 heterocycles. The van der Waals surface area contributed by atoms with Crippen LogP contribution in [-0.2, 0) is 19.4 Å². The van der Waals surface area contributed by atoms with E-state index in [9.17, 15) is 10.1 Å². The lowest BCUT2D eigenvalue weighted by atomic mass is 10.1. The van der Waals surface area contributed by atoms with Gasteiger partial charge >= 0.3 is 0 Å². The molecular formula is C18H22N4O2S. The summed E-state index contributed by atoms with van der Waals surface area (Å²) >= 11 is 1.84. The Kier molecular flexibility index (Phi) is 4.35. The molecule has 0 saturated heterocycles. The van der Waals surface area contributed by atoms with Crippen LogP contribution in [0.4, 0.5) is 17.1 Å². The fourth-order valence-corrected chi connectivity index (χ4v) is 4.65. The van der Waals surface area contributed by atoms with E-state index in [0.717, 1.165) is 43.7 Å². The Hall–Kier alpha value is -2.12. The van der Waals surface area contributed by atoms with Crippen molar-refractivity contribution < 1.29 is 4.92 Å². The first kappa shape index (κ1) is 16.4. The summed E-state index contributed by atoms with van der Waals surface area (Å²) in [4.78, 5) is 15.1. The zero-order valence-electron chi connectivity index (χ0n) is 14.2. The Morgan fingerprint density at radius 1 is 1.40 bits per heavy atom. The summed E-state index contributed by atoms with van der Waals surface area (Å²) in [5, 5.41) is 20.3. The van der Waals surface area contributed by atoms with Gasteiger partial charge in [0.15, 0.2) is 0 Å². The van der Waals surface area contributed by atoms with E-state index in [0.29, 0.717) is 18.3 Å². The molecule has 0 radical (unpaired) electrons. The topological polar surface area (TPSA) is 70.4 Å². The van der Waals surface area contributed by atoms with Crippen molar-refractivity contribution in [2.45, 2.75) is 32.4 Å². The van der Waals surface area contributed by atoms with Crippen molar-refractivity contribution in [1.82, 2.24) is 4.90 Å². The highest BCUT2D eigenvalue weighted by Gasteiger charge is 2.25. The Labute approximate surface area is 151 Å². The van der Waals surface area contributed by atoms with Gasteiger partial charge < -0.3 is 10.6 Å². The van der Waals surface area contributed by atoms with Crippen LogP contribution in [0.2, 0.25) is 0 Å². The number of benzene rings is 1. The van der Waals surface area contributed by atoms with E-state index in [1.54, 1.807) is 6.07 Å². The highest BCUT2D eigenvalue weighted by atomic mass is 32.1. The fourth-order valence-electron chi connectivity index (χ4n) is 3.76. The first-order chi connectivity index (χ1) is 12.1. The lowest BCUT2D eigenvalue weighted by Gasteiger charge is -2.32. The third kappa shape index (κ3) is 3.09. The molecule has 0 saturated carbocycles. The number of nitrogens with one attached hydrogen (secondary N) is 2. The number of nitro groups is 1. The first-order valence-corrected chi connectivity index (χ1v) is 9.58. The van der Waals surface area contributed by atoms with E-state index in [2.05, 4.69) is 33.9 Å². The average Bonchev–Trinajstić information content (AvgIpc) is 3.26. The average molecular weight is 358 g/mol. The number of rotatable bonds is 5. The molecule has 2 N–H and O–H groups in total. The minimum atomic E-state index is -0.288. The van der Waals surface area contributed by atoms with Gasteiger partial charge in [0.1, 0.15) is 5.69 Å². The quantitative estimate of drug-likeness (QED) is 0.632. The van der Waals surface area contributed by atoms with Gasteiger partial charge in [-0.2, -0.15) is 0 Å². The second-order valence-electron chi connectivity index (χ2n) is 6.74. The van der Waals surface area contributed by atoms with Crippen molar-refractivity contribution in [3.05, 3.63) is 49.7 Å². The zero-order valence-corrected chi connectivity index (χ0v) is 15.1. The van der Waals surface area contributed by atoms with Gasteiger partial charge in [-0.3, -0.25) is 15.0 Å². The molecule has 2 aliphatic rings. The molecule has 132 valence electrons. The van der Waals surface area contributed by atoms with E-state index in [1.807, 2.05) is 17.4 Å². The van der Waals surface area contributed by atoms with Gasteiger partial charge in [-0.05, 0) is 42.8 Å². The molecule has 6 nitrogen and oxygen atoms in total. The highest BCUT2D eigenvalue weighted by molar-refractivity contribution is 7.10. The predicted octanol–water partition coefficient (Wildman–Crippen LogP) is 3.48. The van der Waals surface area contributed by atoms with Crippen LogP contribution in [-0.4, -0.2) is 35.5 Å². The molecule has 1 unspecified atom stereocenters. The molecule has 0 fully saturated rings. The lowest BCUT2D eigenvalue weighted by Crippen LogP contribution is -2.40. The van der Waals surface area contributed by atoms with E-state index >= 15 is 0 Å². The Morgan fingerprint density at radius 2 is 2.28 bits per heavy atom. The largest absolute Gasteiger partial charge is 0.384 e. The smallest absolute Gasteiger partial charge is 0.292 e. The van der Waals surface area contributed by atoms with E-state index < -0.39 is 0 Å². The van der Waals surface area contributed by atoms with Crippen LogP contribution in [0.3, 0.4) is 0 Å². The van der Waals surface area contributed by atoms with E-state index in [1.165, 1.54) is 10.4 Å². The summed E-state index contributed by atoms with van der Waals surface area (Å²) in [5.74, 6) is 0. The van der Waals surface area contributed by atoms with Crippen LogP contribution in [0.15, 0.2) is 23.6 Å². The van der Waals surface area contributed by atoms with E-state index in [4.69, 9.17) is 0 Å². The number of thiophene rings is 1. The summed E-state index contributed by atoms with van der Waals surface area (Å²) in [7, 11) is 0. The SMILES string of the molecule is CC(CNc1c([N+](=O)[O-])ccc2c1CCN2)N1CCc2sccc2C1. The van der Waals surface area contributed by atoms with Crippen molar-refractivity contribution in [3.8, 4) is 0 Å². The van der Waals surface area contributed by atoms with E-state index in [-0.39, 0.29) is 10.6 Å². The third-order valence-electron chi connectivity index (χ3n) is 5.21. The maximum absolute atomic E-state index is 11.4. The predicted molar refractivity (Wildman–Crippen MR) is 102 cm³/mol. The van der Waals surface area contributed by atoms with Crippen LogP contribution in [0.5, 0.6) is 0 Å². The first-order valence-electron chi connectivity index (χ1n) is 8.71. The van der Waals surface area contributed by atoms with Crippen molar-refractivity contribution in [2.24, 2.45) is 0 Å². The molecular weight excluding hydrogens is 336 g/mol. The summed E-state index contributed by atoms with van der Waals surface area (Å²) in [6, 6.07) is 5.95. The van der Waals surface area contributed by atoms with Gasteiger partial charge in [0.25, 0.3) is 5.69 Å². The molecule has 4 rings (SSSR count). The molecule has 0 amide bonds. The van der Waals surface area contributed by atoms with Crippen LogP contribution < -0.4 is 10.6 Å². The molecule has 0 spiro atoms. The van der Waals surface area contributed by atoms with Crippen molar-refractivity contribution in [1.29, 1.82) is 0 Å². The highest BCUT2D eigenvalue weighted by Crippen LogP contribution is 2.37. The lowest BCUT2D eigenvalue weighted by molar-refractivity contribution is -0.384. The number of nitro benzene ring substituents is 1. The molecule has 25 heavy (non-hydrogen) atoms. The number of hydrogen-bond acceptors (Lipinski definition) is 6. The van der Waals surface area contributed by atoms with Gasteiger partial charge in [-0.15, -0.1) is 11.3 Å². The molecule has 7 heteroatoms. The van der Waals surface area contributed by atoms with Crippen LogP contribution in [0, 0.1) is 10.1 Å². The second kappa shape index (κ2) is 6.65. The minimum absolute atomic E-state index is 0.174. The number of anilines is 2. The van der Waals surface area contributed by atoms with Gasteiger partial charge in [0.2, 0.25) is 0 Å². The monoisotopic (exact) mass is 358 g/mol. The summed E-state index contributed by atoms with van der Waals surface area (Å²) in [6.45, 7) is 5.76. The van der Waals surface area contributed by atoms with Gasteiger partial charge in [0.05, 0.1) is 4.92 Å². The zero-order chi connectivity index (χ0) is 17.4.